The molecule has 0 saturated carbocycles. The van der Waals surface area contributed by atoms with Gasteiger partial charge < -0.3 is 5.11 Å². The molecule has 0 aliphatic rings. The number of aryl methyl sites for hydroxylation is 1. The monoisotopic (exact) mass is 183 g/mol. The Morgan fingerprint density at radius 1 is 1.38 bits per heavy atom. The van der Waals surface area contributed by atoms with Crippen molar-refractivity contribution in [1.82, 2.24) is 15.0 Å². The number of aliphatic hydroxyl groups excluding tert-OH is 1. The van der Waals surface area contributed by atoms with Gasteiger partial charge in [0.2, 0.25) is 0 Å². The Bertz CT molecular complexity index is 236. The molecule has 0 amide bonds. The van der Waals surface area contributed by atoms with Gasteiger partial charge in [0.05, 0.1) is 12.3 Å². The molecule has 1 aromatic heterocycles. The maximum Gasteiger partial charge on any atom is 0.111 e. The summed E-state index contributed by atoms with van der Waals surface area (Å²) >= 11 is 0. The molecule has 0 aliphatic carbocycles. The molecule has 0 aromatic carbocycles. The molecule has 0 aliphatic heterocycles. The van der Waals surface area contributed by atoms with Crippen LogP contribution in [0.2, 0.25) is 0 Å². The van der Waals surface area contributed by atoms with Gasteiger partial charge in [-0.2, -0.15) is 0 Å². The van der Waals surface area contributed by atoms with Crippen molar-refractivity contribution in [2.45, 2.75) is 46.3 Å². The van der Waals surface area contributed by atoms with Crippen molar-refractivity contribution in [2.75, 3.05) is 0 Å². The molecule has 0 saturated heterocycles. The molecule has 74 valence electrons. The van der Waals surface area contributed by atoms with E-state index in [4.69, 9.17) is 5.11 Å². The summed E-state index contributed by atoms with van der Waals surface area (Å²) in [5.74, 6) is 0. The number of aromatic nitrogens is 3. The lowest BCUT2D eigenvalue weighted by atomic mass is 10.1. The normalized spacial score (nSPS) is 10.7. The Kier molecular flexibility index (Phi) is 3.89. The molecular formula is C9H17N3O. The van der Waals surface area contributed by atoms with Gasteiger partial charge in [-0.3, -0.25) is 0 Å². The van der Waals surface area contributed by atoms with Crippen LogP contribution in [0.3, 0.4) is 0 Å². The fourth-order valence-electron chi connectivity index (χ4n) is 1.36. The molecule has 1 aromatic rings. The molecular weight excluding hydrogens is 166 g/mol. The minimum atomic E-state index is -0.000945. The first kappa shape index (κ1) is 10.2. The molecule has 0 bridgehead atoms. The van der Waals surface area contributed by atoms with Crippen molar-refractivity contribution in [1.29, 1.82) is 0 Å². The molecule has 13 heavy (non-hydrogen) atoms. The lowest BCUT2D eigenvalue weighted by molar-refractivity contribution is 0.275. The summed E-state index contributed by atoms with van der Waals surface area (Å²) in [6.07, 6.45) is 3.24. The van der Waals surface area contributed by atoms with Gasteiger partial charge in [-0.05, 0) is 19.8 Å². The van der Waals surface area contributed by atoms with Crippen molar-refractivity contribution in [3.8, 4) is 0 Å². The SMILES string of the molecule is CCCCc1c(CO)nnn1CC. The van der Waals surface area contributed by atoms with Gasteiger partial charge in [0, 0.05) is 6.54 Å². The van der Waals surface area contributed by atoms with E-state index in [0.717, 1.165) is 37.2 Å². The summed E-state index contributed by atoms with van der Waals surface area (Å²) in [6, 6.07) is 0. The van der Waals surface area contributed by atoms with Crippen molar-refractivity contribution >= 4 is 0 Å². The lowest BCUT2D eigenvalue weighted by Crippen LogP contribution is -2.04. The van der Waals surface area contributed by atoms with E-state index < -0.39 is 0 Å². The summed E-state index contributed by atoms with van der Waals surface area (Å²) in [5, 5.41) is 16.9. The van der Waals surface area contributed by atoms with Crippen molar-refractivity contribution < 1.29 is 5.11 Å². The Balaban J connectivity index is 2.78. The van der Waals surface area contributed by atoms with Crippen LogP contribution in [0.15, 0.2) is 0 Å². The van der Waals surface area contributed by atoms with Gasteiger partial charge >= 0.3 is 0 Å². The lowest BCUT2D eigenvalue weighted by Gasteiger charge is -2.03. The zero-order valence-corrected chi connectivity index (χ0v) is 8.32. The van der Waals surface area contributed by atoms with Crippen LogP contribution >= 0.6 is 0 Å². The number of hydrogen-bond donors (Lipinski definition) is 1. The smallest absolute Gasteiger partial charge is 0.111 e. The fourth-order valence-corrected chi connectivity index (χ4v) is 1.36. The van der Waals surface area contributed by atoms with Crippen LogP contribution in [-0.2, 0) is 19.6 Å². The molecule has 1 N–H and O–H groups in total. The summed E-state index contributed by atoms with van der Waals surface area (Å²) in [4.78, 5) is 0. The summed E-state index contributed by atoms with van der Waals surface area (Å²) < 4.78 is 1.86. The van der Waals surface area contributed by atoms with Gasteiger partial charge in [0.15, 0.2) is 0 Å². The van der Waals surface area contributed by atoms with Crippen molar-refractivity contribution in [3.63, 3.8) is 0 Å². The predicted molar refractivity (Wildman–Crippen MR) is 50.2 cm³/mol. The first-order valence-corrected chi connectivity index (χ1v) is 4.85. The van der Waals surface area contributed by atoms with Gasteiger partial charge in [0.1, 0.15) is 5.69 Å². The molecule has 4 nitrogen and oxygen atoms in total. The van der Waals surface area contributed by atoms with Crippen LogP contribution in [0.4, 0.5) is 0 Å². The molecule has 0 spiro atoms. The number of aliphatic hydroxyl groups is 1. The summed E-state index contributed by atoms with van der Waals surface area (Å²) in [5.41, 5.74) is 1.82. The summed E-state index contributed by atoms with van der Waals surface area (Å²) in [6.45, 7) is 5.01. The number of hydrogen-bond acceptors (Lipinski definition) is 3. The Hall–Kier alpha value is -0.900. The van der Waals surface area contributed by atoms with E-state index in [9.17, 15) is 0 Å². The van der Waals surface area contributed by atoms with Crippen molar-refractivity contribution in [3.05, 3.63) is 11.4 Å². The predicted octanol–water partition coefficient (Wildman–Crippen LogP) is 1.13. The van der Waals surface area contributed by atoms with Crippen LogP contribution in [0.25, 0.3) is 0 Å². The average Bonchev–Trinajstić information content (AvgIpc) is 2.56. The molecule has 0 fully saturated rings. The number of nitrogens with zero attached hydrogens (tertiary/aromatic N) is 3. The van der Waals surface area contributed by atoms with Gasteiger partial charge in [-0.1, -0.05) is 18.6 Å². The Morgan fingerprint density at radius 3 is 2.69 bits per heavy atom. The van der Waals surface area contributed by atoms with Crippen LogP contribution in [0, 0.1) is 0 Å². The van der Waals surface area contributed by atoms with Crippen LogP contribution in [-0.4, -0.2) is 20.1 Å². The van der Waals surface area contributed by atoms with Gasteiger partial charge in [-0.25, -0.2) is 4.68 Å². The maximum absolute atomic E-state index is 9.01. The largest absolute Gasteiger partial charge is 0.390 e. The van der Waals surface area contributed by atoms with E-state index in [2.05, 4.69) is 17.2 Å². The zero-order valence-electron chi connectivity index (χ0n) is 8.32. The molecule has 4 heteroatoms. The Labute approximate surface area is 78.6 Å². The van der Waals surface area contributed by atoms with Gasteiger partial charge in [-0.15, -0.1) is 5.10 Å². The second kappa shape index (κ2) is 4.97. The summed E-state index contributed by atoms with van der Waals surface area (Å²) in [7, 11) is 0. The molecule has 1 rings (SSSR count). The average molecular weight is 183 g/mol. The van der Waals surface area contributed by atoms with E-state index in [-0.39, 0.29) is 6.61 Å². The third-order valence-corrected chi connectivity index (χ3v) is 2.13. The number of rotatable bonds is 5. The fraction of sp³-hybridized carbons (Fsp3) is 0.778. The van der Waals surface area contributed by atoms with Crippen LogP contribution in [0.1, 0.15) is 38.1 Å². The van der Waals surface area contributed by atoms with Gasteiger partial charge in [0.25, 0.3) is 0 Å². The highest BCUT2D eigenvalue weighted by molar-refractivity contribution is 5.09. The van der Waals surface area contributed by atoms with E-state index in [0.29, 0.717) is 0 Å². The Morgan fingerprint density at radius 2 is 2.15 bits per heavy atom. The highest BCUT2D eigenvalue weighted by Gasteiger charge is 2.09. The van der Waals surface area contributed by atoms with E-state index in [1.54, 1.807) is 0 Å². The van der Waals surface area contributed by atoms with E-state index >= 15 is 0 Å². The maximum atomic E-state index is 9.01. The third kappa shape index (κ3) is 2.28. The first-order valence-electron chi connectivity index (χ1n) is 4.85. The number of unbranched alkanes of at least 4 members (excludes halogenated alkanes) is 1. The highest BCUT2D eigenvalue weighted by atomic mass is 16.3. The van der Waals surface area contributed by atoms with E-state index in [1.807, 2.05) is 11.6 Å². The van der Waals surface area contributed by atoms with E-state index in [1.165, 1.54) is 0 Å². The second-order valence-electron chi connectivity index (χ2n) is 3.06. The molecule has 0 atom stereocenters. The minimum Gasteiger partial charge on any atom is -0.390 e. The van der Waals surface area contributed by atoms with Crippen LogP contribution < -0.4 is 0 Å². The topological polar surface area (TPSA) is 50.9 Å². The van der Waals surface area contributed by atoms with Crippen molar-refractivity contribution in [2.24, 2.45) is 0 Å². The third-order valence-electron chi connectivity index (χ3n) is 2.13. The molecule has 0 radical (unpaired) electrons. The second-order valence-corrected chi connectivity index (χ2v) is 3.06. The molecule has 0 unspecified atom stereocenters. The standard InChI is InChI=1S/C9H17N3O/c1-3-5-6-9-8(7-13)10-11-12(9)4-2/h13H,3-7H2,1-2H3. The minimum absolute atomic E-state index is 0.000945. The first-order chi connectivity index (χ1) is 6.33. The quantitative estimate of drug-likeness (QED) is 0.744. The zero-order chi connectivity index (χ0) is 9.68. The molecule has 1 heterocycles. The highest BCUT2D eigenvalue weighted by Crippen LogP contribution is 2.09. The van der Waals surface area contributed by atoms with Crippen LogP contribution in [0.5, 0.6) is 0 Å².